The summed E-state index contributed by atoms with van der Waals surface area (Å²) >= 11 is 0. The molecule has 1 heteroatoms. The molecule has 0 bridgehead atoms. The highest BCUT2D eigenvalue weighted by Gasteiger charge is 2.22. The first-order valence-corrected chi connectivity index (χ1v) is 7.60. The Kier molecular flexibility index (Phi) is 3.05. The maximum absolute atomic E-state index is 4.97. The molecule has 108 valence electrons. The highest BCUT2D eigenvalue weighted by atomic mass is 14.7. The smallest absolute Gasteiger partial charge is 0.0744 e. The summed E-state index contributed by atoms with van der Waals surface area (Å²) in [6, 6.07) is 10.9. The van der Waals surface area contributed by atoms with Gasteiger partial charge in [-0.05, 0) is 54.5 Å². The fraction of sp³-hybridized carbons (Fsp3) is 0.350. The van der Waals surface area contributed by atoms with Gasteiger partial charge in [0.2, 0.25) is 0 Å². The average molecular weight is 277 g/mol. The quantitative estimate of drug-likeness (QED) is 0.487. The van der Waals surface area contributed by atoms with Gasteiger partial charge in [0.15, 0.2) is 0 Å². The average Bonchev–Trinajstić information content (AvgIpc) is 2.40. The highest BCUT2D eigenvalue weighted by molar-refractivity contribution is 6.01. The van der Waals surface area contributed by atoms with Crippen molar-refractivity contribution in [3.63, 3.8) is 0 Å². The molecule has 21 heavy (non-hydrogen) atoms. The van der Waals surface area contributed by atoms with Crippen LogP contribution < -0.4 is 0 Å². The number of fused-ring (bicyclic) bond motifs is 2. The van der Waals surface area contributed by atoms with Crippen LogP contribution in [0.15, 0.2) is 30.3 Å². The molecule has 0 amide bonds. The SMILES string of the molecule is Cc1ccc2c(C(C)(C)C)c3c(C)cccc3nc2c1C. The van der Waals surface area contributed by atoms with Crippen LogP contribution in [0.3, 0.4) is 0 Å². The number of pyridine rings is 1. The van der Waals surface area contributed by atoms with E-state index in [0.717, 1.165) is 11.0 Å². The minimum absolute atomic E-state index is 0.0905. The van der Waals surface area contributed by atoms with Crippen molar-refractivity contribution in [2.75, 3.05) is 0 Å². The van der Waals surface area contributed by atoms with E-state index in [4.69, 9.17) is 4.98 Å². The molecule has 0 aliphatic rings. The summed E-state index contributed by atoms with van der Waals surface area (Å²) in [5.41, 5.74) is 7.68. The molecule has 3 aromatic rings. The van der Waals surface area contributed by atoms with E-state index in [1.54, 1.807) is 0 Å². The standard InChI is InChI=1S/C20H23N/c1-12-10-11-15-18(20(4,5)6)17-13(2)8-7-9-16(17)21-19(15)14(12)3/h7-11H,1-6H3. The van der Waals surface area contributed by atoms with Gasteiger partial charge in [0.25, 0.3) is 0 Å². The predicted octanol–water partition coefficient (Wildman–Crippen LogP) is 5.61. The molecule has 0 aliphatic heterocycles. The van der Waals surface area contributed by atoms with Crippen LogP contribution in [0.4, 0.5) is 0 Å². The van der Waals surface area contributed by atoms with Gasteiger partial charge in [0.05, 0.1) is 11.0 Å². The molecule has 0 unspecified atom stereocenters. The fourth-order valence-electron chi connectivity index (χ4n) is 3.25. The molecule has 0 saturated carbocycles. The van der Waals surface area contributed by atoms with Crippen LogP contribution in [0.2, 0.25) is 0 Å². The highest BCUT2D eigenvalue weighted by Crippen LogP contribution is 2.38. The topological polar surface area (TPSA) is 12.9 Å². The van der Waals surface area contributed by atoms with E-state index in [2.05, 4.69) is 71.9 Å². The number of hydrogen-bond acceptors (Lipinski definition) is 1. The van der Waals surface area contributed by atoms with Gasteiger partial charge < -0.3 is 0 Å². The molecule has 0 saturated heterocycles. The van der Waals surface area contributed by atoms with Crippen LogP contribution in [0.1, 0.15) is 43.0 Å². The van der Waals surface area contributed by atoms with Crippen LogP contribution in [0.5, 0.6) is 0 Å². The molecule has 0 radical (unpaired) electrons. The summed E-state index contributed by atoms with van der Waals surface area (Å²) in [5.74, 6) is 0. The Morgan fingerprint density at radius 1 is 0.857 bits per heavy atom. The Hall–Kier alpha value is -1.89. The largest absolute Gasteiger partial charge is 0.247 e. The van der Waals surface area contributed by atoms with Gasteiger partial charge >= 0.3 is 0 Å². The van der Waals surface area contributed by atoms with Crippen LogP contribution in [0.25, 0.3) is 21.8 Å². The lowest BCUT2D eigenvalue weighted by atomic mass is 9.80. The van der Waals surface area contributed by atoms with Crippen LogP contribution >= 0.6 is 0 Å². The van der Waals surface area contributed by atoms with E-state index in [1.165, 1.54) is 33.0 Å². The summed E-state index contributed by atoms with van der Waals surface area (Å²) in [4.78, 5) is 4.97. The Bertz CT molecular complexity index is 851. The van der Waals surface area contributed by atoms with Gasteiger partial charge in [0, 0.05) is 10.8 Å². The molecule has 0 spiro atoms. The van der Waals surface area contributed by atoms with Crippen LogP contribution in [-0.4, -0.2) is 4.98 Å². The molecule has 2 aromatic carbocycles. The number of benzene rings is 2. The van der Waals surface area contributed by atoms with Crippen molar-refractivity contribution in [3.8, 4) is 0 Å². The third-order valence-corrected chi connectivity index (χ3v) is 4.45. The van der Waals surface area contributed by atoms with Gasteiger partial charge in [-0.1, -0.05) is 45.0 Å². The minimum Gasteiger partial charge on any atom is -0.247 e. The molecule has 3 rings (SSSR count). The number of aryl methyl sites for hydroxylation is 3. The predicted molar refractivity (Wildman–Crippen MR) is 92.2 cm³/mol. The zero-order chi connectivity index (χ0) is 15.4. The van der Waals surface area contributed by atoms with Gasteiger partial charge in [-0.15, -0.1) is 0 Å². The van der Waals surface area contributed by atoms with Crippen molar-refractivity contribution >= 4 is 21.8 Å². The monoisotopic (exact) mass is 277 g/mol. The summed E-state index contributed by atoms with van der Waals surface area (Å²) in [5, 5.41) is 2.62. The van der Waals surface area contributed by atoms with Crippen LogP contribution in [-0.2, 0) is 5.41 Å². The first kappa shape index (κ1) is 14.1. The van der Waals surface area contributed by atoms with E-state index >= 15 is 0 Å². The van der Waals surface area contributed by atoms with Gasteiger partial charge in [-0.2, -0.15) is 0 Å². The maximum atomic E-state index is 4.97. The lowest BCUT2D eigenvalue weighted by Gasteiger charge is -2.25. The molecule has 0 atom stereocenters. The third-order valence-electron chi connectivity index (χ3n) is 4.45. The Morgan fingerprint density at radius 2 is 1.57 bits per heavy atom. The van der Waals surface area contributed by atoms with E-state index in [0.29, 0.717) is 0 Å². The van der Waals surface area contributed by atoms with Crippen molar-refractivity contribution in [2.24, 2.45) is 0 Å². The summed E-state index contributed by atoms with van der Waals surface area (Å²) < 4.78 is 0. The van der Waals surface area contributed by atoms with Crippen molar-refractivity contribution < 1.29 is 0 Å². The van der Waals surface area contributed by atoms with Crippen molar-refractivity contribution in [1.29, 1.82) is 0 Å². The summed E-state index contributed by atoms with van der Waals surface area (Å²) in [6.45, 7) is 13.4. The molecule has 0 N–H and O–H groups in total. The Labute approximate surface area is 127 Å². The Balaban J connectivity index is 2.65. The first-order valence-electron chi connectivity index (χ1n) is 7.60. The lowest BCUT2D eigenvalue weighted by Crippen LogP contribution is -2.14. The molecule has 0 fully saturated rings. The van der Waals surface area contributed by atoms with E-state index in [1.807, 2.05) is 0 Å². The Morgan fingerprint density at radius 3 is 2.24 bits per heavy atom. The van der Waals surface area contributed by atoms with E-state index in [9.17, 15) is 0 Å². The third kappa shape index (κ3) is 2.12. The number of rotatable bonds is 0. The zero-order valence-electron chi connectivity index (χ0n) is 13.8. The molecule has 1 aromatic heterocycles. The summed E-state index contributed by atoms with van der Waals surface area (Å²) in [6.07, 6.45) is 0. The zero-order valence-corrected chi connectivity index (χ0v) is 13.8. The van der Waals surface area contributed by atoms with Crippen molar-refractivity contribution in [3.05, 3.63) is 52.6 Å². The van der Waals surface area contributed by atoms with Gasteiger partial charge in [0.1, 0.15) is 0 Å². The molecule has 0 aliphatic carbocycles. The minimum atomic E-state index is 0.0905. The molecule has 1 heterocycles. The lowest BCUT2D eigenvalue weighted by molar-refractivity contribution is 0.600. The number of hydrogen-bond donors (Lipinski definition) is 0. The van der Waals surface area contributed by atoms with Gasteiger partial charge in [-0.25, -0.2) is 4.98 Å². The number of nitrogens with zero attached hydrogens (tertiary/aromatic N) is 1. The molecular formula is C20H23N. The van der Waals surface area contributed by atoms with Gasteiger partial charge in [-0.3, -0.25) is 0 Å². The fourth-order valence-corrected chi connectivity index (χ4v) is 3.25. The maximum Gasteiger partial charge on any atom is 0.0744 e. The van der Waals surface area contributed by atoms with E-state index < -0.39 is 0 Å². The first-order chi connectivity index (χ1) is 9.80. The molecule has 1 nitrogen and oxygen atoms in total. The number of aromatic nitrogens is 1. The van der Waals surface area contributed by atoms with E-state index in [-0.39, 0.29) is 5.41 Å². The molecular weight excluding hydrogens is 254 g/mol. The second kappa shape index (κ2) is 4.56. The second-order valence-corrected chi connectivity index (χ2v) is 7.11. The van der Waals surface area contributed by atoms with Crippen LogP contribution in [0, 0.1) is 20.8 Å². The normalized spacial score (nSPS) is 12.3. The summed E-state index contributed by atoms with van der Waals surface area (Å²) in [7, 11) is 0. The van der Waals surface area contributed by atoms with Crippen molar-refractivity contribution in [1.82, 2.24) is 4.98 Å². The van der Waals surface area contributed by atoms with Crippen molar-refractivity contribution in [2.45, 2.75) is 47.0 Å². The second-order valence-electron chi connectivity index (χ2n) is 7.11.